The highest BCUT2D eigenvalue weighted by atomic mass is 16.1. The first-order valence-electron chi connectivity index (χ1n) is 9.46. The molecular formula is C22H25N3O2. The van der Waals surface area contributed by atoms with E-state index in [1.165, 1.54) is 0 Å². The average molecular weight is 363 g/mol. The molecule has 0 saturated heterocycles. The molecule has 0 aromatic carbocycles. The van der Waals surface area contributed by atoms with E-state index in [0.717, 1.165) is 40.6 Å². The van der Waals surface area contributed by atoms with Gasteiger partial charge in [0, 0.05) is 47.6 Å². The van der Waals surface area contributed by atoms with Crippen LogP contribution in [0.1, 0.15) is 54.9 Å². The van der Waals surface area contributed by atoms with Crippen LogP contribution in [0.3, 0.4) is 0 Å². The fourth-order valence-electron chi connectivity index (χ4n) is 3.36. The van der Waals surface area contributed by atoms with Crippen molar-refractivity contribution in [3.05, 3.63) is 57.9 Å². The summed E-state index contributed by atoms with van der Waals surface area (Å²) in [5.74, 6) is 0.0359. The molecule has 27 heavy (non-hydrogen) atoms. The topological polar surface area (TPSA) is 64.8 Å². The van der Waals surface area contributed by atoms with Gasteiger partial charge in [-0.25, -0.2) is 0 Å². The van der Waals surface area contributed by atoms with Gasteiger partial charge in [-0.05, 0) is 50.5 Å². The minimum atomic E-state index is -0.0347. The second kappa shape index (κ2) is 7.82. The number of carbonyl (C=O) groups excluding carboxylic acids is 1. The van der Waals surface area contributed by atoms with E-state index < -0.39 is 0 Å². The van der Waals surface area contributed by atoms with Crippen LogP contribution in [-0.2, 0) is 6.54 Å². The lowest BCUT2D eigenvalue weighted by Crippen LogP contribution is -2.22. The summed E-state index contributed by atoms with van der Waals surface area (Å²) < 4.78 is 1.81. The normalized spacial score (nSPS) is 11.1. The van der Waals surface area contributed by atoms with E-state index in [9.17, 15) is 9.59 Å². The van der Waals surface area contributed by atoms with Gasteiger partial charge < -0.3 is 4.57 Å². The van der Waals surface area contributed by atoms with Crippen LogP contribution in [0, 0.1) is 13.8 Å². The zero-order valence-corrected chi connectivity index (χ0v) is 16.4. The van der Waals surface area contributed by atoms with Gasteiger partial charge in [0.1, 0.15) is 5.69 Å². The van der Waals surface area contributed by atoms with Gasteiger partial charge >= 0.3 is 0 Å². The molecule has 0 spiro atoms. The van der Waals surface area contributed by atoms with Crippen LogP contribution in [-0.4, -0.2) is 20.3 Å². The summed E-state index contributed by atoms with van der Waals surface area (Å²) >= 11 is 0. The SMILES string of the molecule is CCCC(=O)c1cc(C)c(-c2cc3cnc(C)cc3n(CCC)c2=O)cn1. The summed E-state index contributed by atoms with van der Waals surface area (Å²) in [7, 11) is 0. The predicted molar refractivity (Wildman–Crippen MR) is 108 cm³/mol. The van der Waals surface area contributed by atoms with Gasteiger partial charge in [-0.15, -0.1) is 0 Å². The van der Waals surface area contributed by atoms with Crippen molar-refractivity contribution < 1.29 is 4.79 Å². The zero-order chi connectivity index (χ0) is 19.6. The Hall–Kier alpha value is -2.82. The number of carbonyl (C=O) groups is 1. The molecule has 5 nitrogen and oxygen atoms in total. The molecule has 3 heterocycles. The van der Waals surface area contributed by atoms with Crippen LogP contribution < -0.4 is 5.56 Å². The Labute approximate surface area is 159 Å². The molecule has 140 valence electrons. The van der Waals surface area contributed by atoms with Crippen LogP contribution in [0.25, 0.3) is 22.0 Å². The summed E-state index contributed by atoms with van der Waals surface area (Å²) in [4.78, 5) is 34.0. The Morgan fingerprint density at radius 1 is 1.00 bits per heavy atom. The third kappa shape index (κ3) is 3.68. The summed E-state index contributed by atoms with van der Waals surface area (Å²) in [6, 6.07) is 5.62. The van der Waals surface area contributed by atoms with Crippen molar-refractivity contribution in [1.29, 1.82) is 0 Å². The fourth-order valence-corrected chi connectivity index (χ4v) is 3.36. The summed E-state index contributed by atoms with van der Waals surface area (Å²) in [6.07, 6.45) is 5.60. The first kappa shape index (κ1) is 19.0. The number of hydrogen-bond acceptors (Lipinski definition) is 4. The fraction of sp³-hybridized carbons (Fsp3) is 0.364. The Morgan fingerprint density at radius 2 is 1.78 bits per heavy atom. The molecule has 0 atom stereocenters. The van der Waals surface area contributed by atoms with Crippen LogP contribution in [0.4, 0.5) is 0 Å². The average Bonchev–Trinajstić information content (AvgIpc) is 2.64. The number of aryl methyl sites for hydroxylation is 3. The predicted octanol–water partition coefficient (Wildman–Crippen LogP) is 4.47. The van der Waals surface area contributed by atoms with E-state index in [1.54, 1.807) is 12.3 Å². The van der Waals surface area contributed by atoms with Crippen LogP contribution in [0.5, 0.6) is 0 Å². The molecule has 0 radical (unpaired) electrons. The number of hydrogen-bond donors (Lipinski definition) is 0. The number of aromatic nitrogens is 3. The van der Waals surface area contributed by atoms with E-state index in [1.807, 2.05) is 43.7 Å². The molecule has 0 fully saturated rings. The summed E-state index contributed by atoms with van der Waals surface area (Å²) in [6.45, 7) is 8.52. The first-order chi connectivity index (χ1) is 13.0. The van der Waals surface area contributed by atoms with Gasteiger partial charge in [0.2, 0.25) is 0 Å². The quantitative estimate of drug-likeness (QED) is 0.606. The second-order valence-corrected chi connectivity index (χ2v) is 6.96. The van der Waals surface area contributed by atoms with Crippen molar-refractivity contribution in [1.82, 2.24) is 14.5 Å². The van der Waals surface area contributed by atoms with E-state index in [4.69, 9.17) is 0 Å². The summed E-state index contributed by atoms with van der Waals surface area (Å²) in [5, 5.41) is 0.925. The van der Waals surface area contributed by atoms with Crippen molar-refractivity contribution in [2.24, 2.45) is 0 Å². The number of Topliss-reactive ketones (excluding diaryl/α,β-unsaturated/α-hetero) is 1. The maximum Gasteiger partial charge on any atom is 0.258 e. The smallest absolute Gasteiger partial charge is 0.258 e. The highest BCUT2D eigenvalue weighted by Gasteiger charge is 2.15. The Morgan fingerprint density at radius 3 is 2.44 bits per heavy atom. The van der Waals surface area contributed by atoms with Crippen molar-refractivity contribution in [3.63, 3.8) is 0 Å². The molecule has 0 saturated carbocycles. The van der Waals surface area contributed by atoms with Crippen LogP contribution in [0.15, 0.2) is 35.4 Å². The number of rotatable bonds is 6. The van der Waals surface area contributed by atoms with Crippen LogP contribution in [0.2, 0.25) is 0 Å². The van der Waals surface area contributed by atoms with Gasteiger partial charge in [0.05, 0.1) is 5.52 Å². The largest absolute Gasteiger partial charge is 0.308 e. The monoisotopic (exact) mass is 363 g/mol. The molecule has 0 amide bonds. The molecule has 0 aliphatic heterocycles. The number of ketones is 1. The minimum Gasteiger partial charge on any atom is -0.308 e. The Bertz CT molecular complexity index is 1070. The van der Waals surface area contributed by atoms with E-state index in [2.05, 4.69) is 16.9 Å². The second-order valence-electron chi connectivity index (χ2n) is 6.96. The molecule has 0 N–H and O–H groups in total. The van der Waals surface area contributed by atoms with Crippen molar-refractivity contribution in [2.75, 3.05) is 0 Å². The maximum absolute atomic E-state index is 13.2. The highest BCUT2D eigenvalue weighted by Crippen LogP contribution is 2.24. The van der Waals surface area contributed by atoms with Gasteiger partial charge in [-0.3, -0.25) is 19.6 Å². The number of pyridine rings is 3. The molecule has 3 aromatic rings. The van der Waals surface area contributed by atoms with Crippen molar-refractivity contribution in [3.8, 4) is 11.1 Å². The lowest BCUT2D eigenvalue weighted by Gasteiger charge is -2.14. The van der Waals surface area contributed by atoms with E-state index in [0.29, 0.717) is 24.2 Å². The van der Waals surface area contributed by atoms with Crippen molar-refractivity contribution in [2.45, 2.75) is 53.5 Å². The lowest BCUT2D eigenvalue weighted by atomic mass is 10.0. The molecule has 0 aliphatic carbocycles. The Kier molecular flexibility index (Phi) is 5.49. The molecule has 3 aromatic heterocycles. The van der Waals surface area contributed by atoms with Crippen LogP contribution >= 0.6 is 0 Å². The van der Waals surface area contributed by atoms with E-state index in [-0.39, 0.29) is 11.3 Å². The third-order valence-corrected chi connectivity index (χ3v) is 4.73. The number of nitrogens with zero attached hydrogens (tertiary/aromatic N) is 3. The maximum atomic E-state index is 13.2. The van der Waals surface area contributed by atoms with Gasteiger partial charge in [0.15, 0.2) is 5.78 Å². The highest BCUT2D eigenvalue weighted by molar-refractivity contribution is 5.95. The van der Waals surface area contributed by atoms with Gasteiger partial charge in [-0.1, -0.05) is 13.8 Å². The summed E-state index contributed by atoms with van der Waals surface area (Å²) in [5.41, 5.74) is 4.46. The molecule has 0 bridgehead atoms. The molecule has 3 rings (SSSR count). The molecule has 0 unspecified atom stereocenters. The van der Waals surface area contributed by atoms with Crippen molar-refractivity contribution >= 4 is 16.7 Å². The first-order valence-corrected chi connectivity index (χ1v) is 9.46. The van der Waals surface area contributed by atoms with Gasteiger partial charge in [0.25, 0.3) is 5.56 Å². The Balaban J connectivity index is 2.20. The third-order valence-electron chi connectivity index (χ3n) is 4.73. The molecule has 0 aliphatic rings. The minimum absolute atomic E-state index is 0.0347. The number of fused-ring (bicyclic) bond motifs is 1. The standard InChI is InChI=1S/C22H25N3O2/c1-5-7-21(26)19-9-14(3)18(13-24-19)17-11-16-12-23-15(4)10-20(16)25(8-6-2)22(17)27/h9-13H,5-8H2,1-4H3. The molecular weight excluding hydrogens is 338 g/mol. The van der Waals surface area contributed by atoms with E-state index >= 15 is 0 Å². The lowest BCUT2D eigenvalue weighted by molar-refractivity contribution is 0.0977. The van der Waals surface area contributed by atoms with Gasteiger partial charge in [-0.2, -0.15) is 0 Å². The molecule has 5 heteroatoms. The zero-order valence-electron chi connectivity index (χ0n) is 16.4.